The lowest BCUT2D eigenvalue weighted by molar-refractivity contribution is 0.672. The zero-order valence-corrected chi connectivity index (χ0v) is 10.1. The summed E-state index contributed by atoms with van der Waals surface area (Å²) in [5, 5.41) is 3.45. The lowest BCUT2D eigenvalue weighted by Crippen LogP contribution is -2.22. The molecule has 0 bridgehead atoms. The van der Waals surface area contributed by atoms with Gasteiger partial charge in [0.05, 0.1) is 0 Å². The first kappa shape index (κ1) is 11.4. The fourth-order valence-corrected chi connectivity index (χ4v) is 2.22. The van der Waals surface area contributed by atoms with Gasteiger partial charge in [-0.2, -0.15) is 0 Å². The van der Waals surface area contributed by atoms with E-state index >= 15 is 0 Å². The van der Waals surface area contributed by atoms with Crippen LogP contribution >= 0.6 is 0 Å². The van der Waals surface area contributed by atoms with Crippen LogP contribution in [0.15, 0.2) is 18.5 Å². The summed E-state index contributed by atoms with van der Waals surface area (Å²) in [6.07, 6.45) is 7.72. The molecule has 0 aliphatic carbocycles. The predicted molar refractivity (Wildman–Crippen MR) is 67.7 cm³/mol. The molecule has 0 unspecified atom stereocenters. The van der Waals surface area contributed by atoms with Gasteiger partial charge < -0.3 is 10.2 Å². The van der Waals surface area contributed by atoms with Crippen molar-refractivity contribution in [2.75, 3.05) is 24.5 Å². The van der Waals surface area contributed by atoms with Crippen LogP contribution in [0.3, 0.4) is 0 Å². The van der Waals surface area contributed by atoms with E-state index in [1.54, 1.807) is 0 Å². The summed E-state index contributed by atoms with van der Waals surface area (Å²) in [5.41, 5.74) is 2.70. The summed E-state index contributed by atoms with van der Waals surface area (Å²) >= 11 is 0. The van der Waals surface area contributed by atoms with Crippen LogP contribution < -0.4 is 10.2 Å². The Hall–Kier alpha value is -1.09. The first-order valence-electron chi connectivity index (χ1n) is 6.30. The minimum atomic E-state index is 0.938. The van der Waals surface area contributed by atoms with Crippen molar-refractivity contribution in [3.8, 4) is 0 Å². The Morgan fingerprint density at radius 1 is 1.38 bits per heavy atom. The number of nitrogens with zero attached hydrogens (tertiary/aromatic N) is 2. The number of aromatic nitrogens is 1. The average molecular weight is 219 g/mol. The van der Waals surface area contributed by atoms with Crippen LogP contribution in [0.2, 0.25) is 0 Å². The van der Waals surface area contributed by atoms with Crippen molar-refractivity contribution in [1.29, 1.82) is 0 Å². The van der Waals surface area contributed by atoms with Gasteiger partial charge in [0.25, 0.3) is 0 Å². The second-order valence-corrected chi connectivity index (χ2v) is 4.38. The molecule has 16 heavy (non-hydrogen) atoms. The topological polar surface area (TPSA) is 28.2 Å². The lowest BCUT2D eigenvalue weighted by atomic mass is 10.2. The van der Waals surface area contributed by atoms with Crippen molar-refractivity contribution in [3.63, 3.8) is 0 Å². The molecule has 0 aromatic carbocycles. The van der Waals surface area contributed by atoms with E-state index in [4.69, 9.17) is 0 Å². The Kier molecular flexibility index (Phi) is 4.17. The number of pyridine rings is 1. The van der Waals surface area contributed by atoms with Gasteiger partial charge in [-0.15, -0.1) is 0 Å². The molecular formula is C13H21N3. The molecule has 0 amide bonds. The molecule has 2 heterocycles. The van der Waals surface area contributed by atoms with Crippen molar-refractivity contribution in [2.24, 2.45) is 0 Å². The molecule has 0 spiro atoms. The molecule has 1 aromatic heterocycles. The van der Waals surface area contributed by atoms with Crippen molar-refractivity contribution >= 4 is 5.69 Å². The Labute approximate surface area is 97.9 Å². The molecular weight excluding hydrogens is 198 g/mol. The van der Waals surface area contributed by atoms with E-state index in [0.29, 0.717) is 0 Å². The molecule has 0 radical (unpaired) electrons. The molecule has 3 heteroatoms. The Balaban J connectivity index is 2.04. The van der Waals surface area contributed by atoms with Gasteiger partial charge in [0, 0.05) is 43.3 Å². The SMILES string of the molecule is CCCNCc1cnccc1N1CCCC1. The van der Waals surface area contributed by atoms with Crippen LogP contribution in [0, 0.1) is 0 Å². The van der Waals surface area contributed by atoms with Crippen LogP contribution in [-0.4, -0.2) is 24.6 Å². The average Bonchev–Trinajstić information content (AvgIpc) is 2.83. The van der Waals surface area contributed by atoms with Gasteiger partial charge in [0.2, 0.25) is 0 Å². The van der Waals surface area contributed by atoms with Crippen LogP contribution in [0.5, 0.6) is 0 Å². The quantitative estimate of drug-likeness (QED) is 0.769. The highest BCUT2D eigenvalue weighted by molar-refractivity contribution is 5.52. The molecule has 88 valence electrons. The fourth-order valence-electron chi connectivity index (χ4n) is 2.22. The van der Waals surface area contributed by atoms with Gasteiger partial charge >= 0.3 is 0 Å². The summed E-state index contributed by atoms with van der Waals surface area (Å²) in [4.78, 5) is 6.71. The highest BCUT2D eigenvalue weighted by atomic mass is 15.1. The largest absolute Gasteiger partial charge is 0.371 e. The molecule has 1 aromatic rings. The maximum atomic E-state index is 4.23. The van der Waals surface area contributed by atoms with E-state index in [9.17, 15) is 0 Å². The van der Waals surface area contributed by atoms with E-state index in [1.165, 1.54) is 43.6 Å². The third kappa shape index (κ3) is 2.73. The molecule has 1 fully saturated rings. The zero-order chi connectivity index (χ0) is 11.2. The van der Waals surface area contributed by atoms with Crippen LogP contribution in [-0.2, 0) is 6.54 Å². The molecule has 2 rings (SSSR count). The molecule has 1 aliphatic rings. The maximum Gasteiger partial charge on any atom is 0.0442 e. The van der Waals surface area contributed by atoms with Crippen molar-refractivity contribution in [1.82, 2.24) is 10.3 Å². The van der Waals surface area contributed by atoms with Gasteiger partial charge in [0.15, 0.2) is 0 Å². The lowest BCUT2D eigenvalue weighted by Gasteiger charge is -2.21. The normalized spacial score (nSPS) is 15.7. The summed E-state index contributed by atoms with van der Waals surface area (Å²) in [6.45, 7) is 6.61. The van der Waals surface area contributed by atoms with Crippen molar-refractivity contribution in [2.45, 2.75) is 32.7 Å². The summed E-state index contributed by atoms with van der Waals surface area (Å²) in [7, 11) is 0. The molecule has 0 saturated carbocycles. The third-order valence-electron chi connectivity index (χ3n) is 3.07. The highest BCUT2D eigenvalue weighted by Crippen LogP contribution is 2.23. The summed E-state index contributed by atoms with van der Waals surface area (Å²) in [5.74, 6) is 0. The molecule has 0 atom stereocenters. The van der Waals surface area contributed by atoms with Crippen molar-refractivity contribution < 1.29 is 0 Å². The monoisotopic (exact) mass is 219 g/mol. The maximum absolute atomic E-state index is 4.23. The van der Waals surface area contributed by atoms with Crippen molar-refractivity contribution in [3.05, 3.63) is 24.0 Å². The first-order chi connectivity index (χ1) is 7.92. The molecule has 1 aliphatic heterocycles. The van der Waals surface area contributed by atoms with Crippen LogP contribution in [0.1, 0.15) is 31.7 Å². The van der Waals surface area contributed by atoms with Crippen LogP contribution in [0.25, 0.3) is 0 Å². The van der Waals surface area contributed by atoms with E-state index < -0.39 is 0 Å². The highest BCUT2D eigenvalue weighted by Gasteiger charge is 2.14. The van der Waals surface area contributed by atoms with E-state index in [1.807, 2.05) is 12.4 Å². The summed E-state index contributed by atoms with van der Waals surface area (Å²) in [6, 6.07) is 2.15. The standard InChI is InChI=1S/C13H21N3/c1-2-6-14-10-12-11-15-7-5-13(12)16-8-3-4-9-16/h5,7,11,14H,2-4,6,8-10H2,1H3. The third-order valence-corrected chi connectivity index (χ3v) is 3.07. The Bertz CT molecular complexity index is 319. The zero-order valence-electron chi connectivity index (χ0n) is 10.1. The van der Waals surface area contributed by atoms with Gasteiger partial charge in [0.1, 0.15) is 0 Å². The van der Waals surface area contributed by atoms with E-state index in [-0.39, 0.29) is 0 Å². The second-order valence-electron chi connectivity index (χ2n) is 4.38. The Morgan fingerprint density at radius 2 is 2.19 bits per heavy atom. The smallest absolute Gasteiger partial charge is 0.0442 e. The minimum Gasteiger partial charge on any atom is -0.371 e. The number of rotatable bonds is 5. The van der Waals surface area contributed by atoms with E-state index in [0.717, 1.165) is 13.1 Å². The number of anilines is 1. The summed E-state index contributed by atoms with van der Waals surface area (Å²) < 4.78 is 0. The molecule has 1 saturated heterocycles. The molecule has 1 N–H and O–H groups in total. The van der Waals surface area contributed by atoms with Gasteiger partial charge in [-0.3, -0.25) is 4.98 Å². The Morgan fingerprint density at radius 3 is 2.94 bits per heavy atom. The van der Waals surface area contributed by atoms with Crippen LogP contribution in [0.4, 0.5) is 5.69 Å². The number of hydrogen-bond acceptors (Lipinski definition) is 3. The predicted octanol–water partition coefficient (Wildman–Crippen LogP) is 2.18. The van der Waals surface area contributed by atoms with Gasteiger partial charge in [-0.05, 0) is 31.9 Å². The number of nitrogens with one attached hydrogen (secondary N) is 1. The second kappa shape index (κ2) is 5.85. The minimum absolute atomic E-state index is 0.938. The van der Waals surface area contributed by atoms with E-state index in [2.05, 4.69) is 28.2 Å². The fraction of sp³-hybridized carbons (Fsp3) is 0.615. The van der Waals surface area contributed by atoms with Gasteiger partial charge in [-0.1, -0.05) is 6.92 Å². The number of hydrogen-bond donors (Lipinski definition) is 1. The first-order valence-corrected chi connectivity index (χ1v) is 6.30. The molecule has 3 nitrogen and oxygen atoms in total. The van der Waals surface area contributed by atoms with Gasteiger partial charge in [-0.25, -0.2) is 0 Å².